The van der Waals surface area contributed by atoms with Gasteiger partial charge in [0.1, 0.15) is 11.6 Å². The van der Waals surface area contributed by atoms with Gasteiger partial charge in [-0.2, -0.15) is 0 Å². The molecule has 0 radical (unpaired) electrons. The van der Waals surface area contributed by atoms with Gasteiger partial charge >= 0.3 is 0 Å². The van der Waals surface area contributed by atoms with Crippen molar-refractivity contribution >= 4 is 23.6 Å². The number of methoxy groups -OCH3 is 1. The van der Waals surface area contributed by atoms with Crippen molar-refractivity contribution < 1.29 is 18.7 Å². The van der Waals surface area contributed by atoms with Crippen LogP contribution in [-0.2, 0) is 4.79 Å². The molecule has 0 saturated carbocycles. The standard InChI is InChI=1S/C18H17FN2O3/c1-20-18(23)13-6-9-15(16(11-13)24-2)21-17(22)10-5-12-3-7-14(19)8-4-12/h3-11H,1-2H3,(H,20,23)(H,21,22)/b10-5+. The van der Waals surface area contributed by atoms with E-state index in [-0.39, 0.29) is 17.6 Å². The average molecular weight is 328 g/mol. The van der Waals surface area contributed by atoms with Crippen LogP contribution in [0.3, 0.4) is 0 Å². The summed E-state index contributed by atoms with van der Waals surface area (Å²) in [6.45, 7) is 0. The zero-order chi connectivity index (χ0) is 17.5. The fraction of sp³-hybridized carbons (Fsp3) is 0.111. The number of benzene rings is 2. The molecular weight excluding hydrogens is 311 g/mol. The van der Waals surface area contributed by atoms with Crippen LogP contribution in [0.1, 0.15) is 15.9 Å². The third-order valence-corrected chi connectivity index (χ3v) is 3.25. The third kappa shape index (κ3) is 4.42. The highest BCUT2D eigenvalue weighted by Gasteiger charge is 2.10. The molecule has 0 heterocycles. The Bertz CT molecular complexity index is 770. The summed E-state index contributed by atoms with van der Waals surface area (Å²) in [6, 6.07) is 10.5. The number of anilines is 1. The van der Waals surface area contributed by atoms with Crippen LogP contribution >= 0.6 is 0 Å². The molecule has 0 aliphatic heterocycles. The van der Waals surface area contributed by atoms with Crippen molar-refractivity contribution in [2.24, 2.45) is 0 Å². The van der Waals surface area contributed by atoms with Gasteiger partial charge in [0.05, 0.1) is 12.8 Å². The van der Waals surface area contributed by atoms with E-state index >= 15 is 0 Å². The molecule has 0 unspecified atom stereocenters. The van der Waals surface area contributed by atoms with Gasteiger partial charge in [-0.05, 0) is 42.0 Å². The Morgan fingerprint density at radius 3 is 2.46 bits per heavy atom. The first-order chi connectivity index (χ1) is 11.5. The average Bonchev–Trinajstić information content (AvgIpc) is 2.60. The highest BCUT2D eigenvalue weighted by Crippen LogP contribution is 2.25. The van der Waals surface area contributed by atoms with Crippen LogP contribution in [0.2, 0.25) is 0 Å². The van der Waals surface area contributed by atoms with E-state index < -0.39 is 0 Å². The number of amides is 2. The molecule has 2 rings (SSSR count). The summed E-state index contributed by atoms with van der Waals surface area (Å²) in [5, 5.41) is 5.19. The monoisotopic (exact) mass is 328 g/mol. The zero-order valence-electron chi connectivity index (χ0n) is 13.3. The summed E-state index contributed by atoms with van der Waals surface area (Å²) in [5.74, 6) is -0.579. The lowest BCUT2D eigenvalue weighted by atomic mass is 10.1. The fourth-order valence-electron chi connectivity index (χ4n) is 2.00. The van der Waals surface area contributed by atoms with Gasteiger partial charge in [-0.1, -0.05) is 12.1 Å². The van der Waals surface area contributed by atoms with Crippen LogP contribution in [0.25, 0.3) is 6.08 Å². The normalized spacial score (nSPS) is 10.5. The van der Waals surface area contributed by atoms with Gasteiger partial charge in [0, 0.05) is 18.7 Å². The quantitative estimate of drug-likeness (QED) is 0.830. The van der Waals surface area contributed by atoms with Crippen molar-refractivity contribution in [1.29, 1.82) is 0 Å². The summed E-state index contributed by atoms with van der Waals surface area (Å²) >= 11 is 0. The van der Waals surface area contributed by atoms with Crippen LogP contribution in [0.5, 0.6) is 5.75 Å². The number of halogens is 1. The van der Waals surface area contributed by atoms with Crippen LogP contribution in [-0.4, -0.2) is 26.0 Å². The van der Waals surface area contributed by atoms with Gasteiger partial charge in [-0.3, -0.25) is 9.59 Å². The number of hydrogen-bond donors (Lipinski definition) is 2. The Balaban J connectivity index is 2.10. The number of ether oxygens (including phenoxy) is 1. The van der Waals surface area contributed by atoms with E-state index in [0.29, 0.717) is 22.6 Å². The fourth-order valence-corrected chi connectivity index (χ4v) is 2.00. The molecule has 2 aromatic carbocycles. The van der Waals surface area contributed by atoms with E-state index in [9.17, 15) is 14.0 Å². The molecule has 2 N–H and O–H groups in total. The minimum absolute atomic E-state index is 0.248. The van der Waals surface area contributed by atoms with Crippen molar-refractivity contribution in [1.82, 2.24) is 5.32 Å². The molecule has 0 bridgehead atoms. The Hall–Kier alpha value is -3.15. The molecule has 0 aliphatic carbocycles. The number of hydrogen-bond acceptors (Lipinski definition) is 3. The highest BCUT2D eigenvalue weighted by atomic mass is 19.1. The van der Waals surface area contributed by atoms with Crippen molar-refractivity contribution in [2.75, 3.05) is 19.5 Å². The second-order valence-corrected chi connectivity index (χ2v) is 4.87. The molecule has 2 amide bonds. The van der Waals surface area contributed by atoms with Gasteiger partial charge in [-0.15, -0.1) is 0 Å². The van der Waals surface area contributed by atoms with E-state index in [1.54, 1.807) is 30.3 Å². The van der Waals surface area contributed by atoms with E-state index in [2.05, 4.69) is 10.6 Å². The molecule has 0 saturated heterocycles. The molecule has 5 nitrogen and oxygen atoms in total. The smallest absolute Gasteiger partial charge is 0.251 e. The molecule has 6 heteroatoms. The topological polar surface area (TPSA) is 67.4 Å². The summed E-state index contributed by atoms with van der Waals surface area (Å²) in [4.78, 5) is 23.6. The van der Waals surface area contributed by atoms with E-state index in [1.807, 2.05) is 0 Å². The minimum atomic E-state index is -0.370. The van der Waals surface area contributed by atoms with Gasteiger partial charge < -0.3 is 15.4 Å². The first-order valence-corrected chi connectivity index (χ1v) is 7.18. The highest BCUT2D eigenvalue weighted by molar-refractivity contribution is 6.03. The molecule has 0 aliphatic rings. The van der Waals surface area contributed by atoms with Crippen LogP contribution in [0.15, 0.2) is 48.5 Å². The molecule has 24 heavy (non-hydrogen) atoms. The predicted octanol–water partition coefficient (Wildman–Crippen LogP) is 2.85. The Morgan fingerprint density at radius 1 is 1.12 bits per heavy atom. The van der Waals surface area contributed by atoms with E-state index in [0.717, 1.165) is 0 Å². The van der Waals surface area contributed by atoms with Gasteiger partial charge in [0.2, 0.25) is 5.91 Å². The Kier molecular flexibility index (Phi) is 5.68. The molecule has 0 aromatic heterocycles. The molecule has 0 spiro atoms. The number of nitrogens with one attached hydrogen (secondary N) is 2. The summed E-state index contributed by atoms with van der Waals surface area (Å²) in [6.07, 6.45) is 2.90. The second kappa shape index (κ2) is 7.92. The summed E-state index contributed by atoms with van der Waals surface area (Å²) in [5.41, 5.74) is 1.57. The third-order valence-electron chi connectivity index (χ3n) is 3.25. The second-order valence-electron chi connectivity index (χ2n) is 4.87. The Morgan fingerprint density at radius 2 is 1.83 bits per heavy atom. The number of carbonyl (C=O) groups is 2. The maximum Gasteiger partial charge on any atom is 0.251 e. The molecule has 0 atom stereocenters. The molecule has 0 fully saturated rings. The largest absolute Gasteiger partial charge is 0.495 e. The number of carbonyl (C=O) groups excluding carboxylic acids is 2. The Labute approximate surface area is 139 Å². The molecule has 124 valence electrons. The zero-order valence-corrected chi connectivity index (χ0v) is 13.3. The summed E-state index contributed by atoms with van der Waals surface area (Å²) in [7, 11) is 2.98. The lowest BCUT2D eigenvalue weighted by Gasteiger charge is -2.10. The lowest BCUT2D eigenvalue weighted by molar-refractivity contribution is -0.111. The first-order valence-electron chi connectivity index (χ1n) is 7.18. The SMILES string of the molecule is CNC(=O)c1ccc(NC(=O)/C=C/c2ccc(F)cc2)c(OC)c1. The maximum absolute atomic E-state index is 12.8. The first kappa shape index (κ1) is 17.2. The van der Waals surface area contributed by atoms with Crippen LogP contribution in [0.4, 0.5) is 10.1 Å². The number of rotatable bonds is 5. The molecule has 2 aromatic rings. The van der Waals surface area contributed by atoms with Crippen LogP contribution < -0.4 is 15.4 Å². The van der Waals surface area contributed by atoms with Crippen molar-refractivity contribution in [3.05, 3.63) is 65.5 Å². The van der Waals surface area contributed by atoms with Crippen LogP contribution in [0, 0.1) is 5.82 Å². The summed E-state index contributed by atoms with van der Waals surface area (Å²) < 4.78 is 18.0. The maximum atomic E-state index is 12.8. The van der Waals surface area contributed by atoms with Crippen molar-refractivity contribution in [3.8, 4) is 5.75 Å². The van der Waals surface area contributed by atoms with Gasteiger partial charge in [0.15, 0.2) is 0 Å². The van der Waals surface area contributed by atoms with Gasteiger partial charge in [-0.25, -0.2) is 4.39 Å². The molecular formula is C18H17FN2O3. The van der Waals surface area contributed by atoms with E-state index in [4.69, 9.17) is 4.74 Å². The minimum Gasteiger partial charge on any atom is -0.495 e. The van der Waals surface area contributed by atoms with Crippen molar-refractivity contribution in [2.45, 2.75) is 0 Å². The van der Waals surface area contributed by atoms with Gasteiger partial charge in [0.25, 0.3) is 5.91 Å². The lowest BCUT2D eigenvalue weighted by Crippen LogP contribution is -2.18. The van der Waals surface area contributed by atoms with Crippen molar-refractivity contribution in [3.63, 3.8) is 0 Å². The predicted molar refractivity (Wildman–Crippen MR) is 90.4 cm³/mol. The van der Waals surface area contributed by atoms with E-state index in [1.165, 1.54) is 38.4 Å².